The SMILES string of the molecule is CC(C)(C)n1cc(F)c(C(F)F)n1. The van der Waals surface area contributed by atoms with Crippen LogP contribution in [0.25, 0.3) is 0 Å². The molecule has 0 saturated heterocycles. The van der Waals surface area contributed by atoms with Crippen LogP contribution >= 0.6 is 0 Å². The van der Waals surface area contributed by atoms with Crippen molar-refractivity contribution in [2.24, 2.45) is 0 Å². The van der Waals surface area contributed by atoms with E-state index in [1.165, 1.54) is 4.68 Å². The van der Waals surface area contributed by atoms with Gasteiger partial charge in [-0.3, -0.25) is 4.68 Å². The van der Waals surface area contributed by atoms with Gasteiger partial charge < -0.3 is 0 Å². The van der Waals surface area contributed by atoms with E-state index >= 15 is 0 Å². The largest absolute Gasteiger partial charge is 0.285 e. The smallest absolute Gasteiger partial charge is 0.264 e. The molecule has 0 aliphatic carbocycles. The molecule has 0 aliphatic rings. The summed E-state index contributed by atoms with van der Waals surface area (Å²) in [5.74, 6) is -0.954. The number of hydrogen-bond acceptors (Lipinski definition) is 1. The number of alkyl halides is 2. The van der Waals surface area contributed by atoms with Crippen LogP contribution < -0.4 is 0 Å². The molecule has 0 aromatic carbocycles. The molecule has 1 aromatic heterocycles. The molecule has 0 aliphatic heterocycles. The zero-order valence-electron chi connectivity index (χ0n) is 7.68. The second-order valence-corrected chi connectivity index (χ2v) is 3.78. The molecule has 5 heteroatoms. The van der Waals surface area contributed by atoms with Gasteiger partial charge in [-0.2, -0.15) is 5.10 Å². The van der Waals surface area contributed by atoms with Gasteiger partial charge in [-0.15, -0.1) is 0 Å². The third kappa shape index (κ3) is 2.02. The number of halogens is 3. The molecule has 1 rings (SSSR count). The van der Waals surface area contributed by atoms with Crippen molar-refractivity contribution >= 4 is 0 Å². The van der Waals surface area contributed by atoms with Crippen LogP contribution in [0.1, 0.15) is 32.9 Å². The summed E-state index contributed by atoms with van der Waals surface area (Å²) in [6.07, 6.45) is -1.87. The van der Waals surface area contributed by atoms with Crippen molar-refractivity contribution in [3.63, 3.8) is 0 Å². The molecule has 74 valence electrons. The predicted molar refractivity (Wildman–Crippen MR) is 42.1 cm³/mol. The van der Waals surface area contributed by atoms with Crippen LogP contribution in [0, 0.1) is 5.82 Å². The van der Waals surface area contributed by atoms with Gasteiger partial charge in [0.25, 0.3) is 6.43 Å². The number of nitrogens with zero attached hydrogens (tertiary/aromatic N) is 2. The van der Waals surface area contributed by atoms with Crippen LogP contribution in [0.5, 0.6) is 0 Å². The third-order valence-electron chi connectivity index (χ3n) is 1.59. The summed E-state index contributed by atoms with van der Waals surface area (Å²) >= 11 is 0. The zero-order valence-corrected chi connectivity index (χ0v) is 7.68. The Morgan fingerprint density at radius 3 is 2.15 bits per heavy atom. The Bertz CT molecular complexity index is 299. The summed E-state index contributed by atoms with van der Waals surface area (Å²) in [6, 6.07) is 0. The van der Waals surface area contributed by atoms with Crippen molar-refractivity contribution < 1.29 is 13.2 Å². The second kappa shape index (κ2) is 3.05. The highest BCUT2D eigenvalue weighted by Crippen LogP contribution is 2.22. The Labute approximate surface area is 74.4 Å². The van der Waals surface area contributed by atoms with Crippen molar-refractivity contribution in [1.82, 2.24) is 9.78 Å². The fraction of sp³-hybridized carbons (Fsp3) is 0.625. The van der Waals surface area contributed by atoms with E-state index in [0.29, 0.717) is 0 Å². The third-order valence-corrected chi connectivity index (χ3v) is 1.59. The maximum atomic E-state index is 12.8. The minimum Gasteiger partial charge on any atom is -0.264 e. The van der Waals surface area contributed by atoms with Crippen LogP contribution in [0.4, 0.5) is 13.2 Å². The topological polar surface area (TPSA) is 17.8 Å². The van der Waals surface area contributed by atoms with Gasteiger partial charge in [0, 0.05) is 0 Å². The van der Waals surface area contributed by atoms with Crippen LogP contribution in [0.15, 0.2) is 6.20 Å². The van der Waals surface area contributed by atoms with E-state index in [4.69, 9.17) is 0 Å². The van der Waals surface area contributed by atoms with Gasteiger partial charge in [-0.1, -0.05) is 0 Å². The molecular weight excluding hydrogens is 181 g/mol. The van der Waals surface area contributed by atoms with E-state index in [9.17, 15) is 13.2 Å². The molecular formula is C8H11F3N2. The van der Waals surface area contributed by atoms with Crippen molar-refractivity contribution in [2.45, 2.75) is 32.7 Å². The summed E-state index contributed by atoms with van der Waals surface area (Å²) in [5.41, 5.74) is -1.26. The second-order valence-electron chi connectivity index (χ2n) is 3.78. The Balaban J connectivity index is 3.10. The molecule has 0 bridgehead atoms. The lowest BCUT2D eigenvalue weighted by Gasteiger charge is -2.18. The van der Waals surface area contributed by atoms with E-state index in [1.54, 1.807) is 20.8 Å². The van der Waals surface area contributed by atoms with Gasteiger partial charge >= 0.3 is 0 Å². The van der Waals surface area contributed by atoms with Gasteiger partial charge in [-0.25, -0.2) is 13.2 Å². The van der Waals surface area contributed by atoms with Crippen LogP contribution in [0.3, 0.4) is 0 Å². The summed E-state index contributed by atoms with van der Waals surface area (Å²) in [6.45, 7) is 5.28. The number of aromatic nitrogens is 2. The van der Waals surface area contributed by atoms with E-state index in [1.807, 2.05) is 0 Å². The number of rotatable bonds is 1. The molecule has 1 heterocycles. The molecule has 0 spiro atoms. The molecule has 0 unspecified atom stereocenters. The molecule has 0 N–H and O–H groups in total. The highest BCUT2D eigenvalue weighted by atomic mass is 19.3. The van der Waals surface area contributed by atoms with Crippen LogP contribution in [-0.4, -0.2) is 9.78 Å². The fourth-order valence-electron chi connectivity index (χ4n) is 0.858. The minimum atomic E-state index is -2.86. The maximum absolute atomic E-state index is 12.8. The first-order valence-electron chi connectivity index (χ1n) is 3.86. The van der Waals surface area contributed by atoms with Gasteiger partial charge in [-0.05, 0) is 20.8 Å². The van der Waals surface area contributed by atoms with Crippen molar-refractivity contribution in [3.8, 4) is 0 Å². The molecule has 0 saturated carbocycles. The average molecular weight is 192 g/mol. The van der Waals surface area contributed by atoms with E-state index in [0.717, 1.165) is 6.20 Å². The highest BCUT2D eigenvalue weighted by molar-refractivity contribution is 5.05. The zero-order chi connectivity index (χ0) is 10.2. The Morgan fingerprint density at radius 1 is 1.38 bits per heavy atom. The molecule has 0 amide bonds. The quantitative estimate of drug-likeness (QED) is 0.668. The summed E-state index contributed by atoms with van der Waals surface area (Å²) in [4.78, 5) is 0. The predicted octanol–water partition coefficient (Wildman–Crippen LogP) is 2.71. The molecule has 1 aromatic rings. The molecule has 0 radical (unpaired) electrons. The first-order valence-corrected chi connectivity index (χ1v) is 3.86. The molecule has 2 nitrogen and oxygen atoms in total. The summed E-state index contributed by atoms with van der Waals surface area (Å²) in [5, 5.41) is 3.47. The van der Waals surface area contributed by atoms with E-state index in [2.05, 4.69) is 5.10 Å². The van der Waals surface area contributed by atoms with Gasteiger partial charge in [0.15, 0.2) is 11.5 Å². The lowest BCUT2D eigenvalue weighted by atomic mass is 10.1. The van der Waals surface area contributed by atoms with E-state index < -0.39 is 23.5 Å². The lowest BCUT2D eigenvalue weighted by molar-refractivity contribution is 0.139. The normalized spacial score (nSPS) is 12.5. The van der Waals surface area contributed by atoms with Gasteiger partial charge in [0.1, 0.15) is 0 Å². The lowest BCUT2D eigenvalue weighted by Crippen LogP contribution is -2.22. The summed E-state index contributed by atoms with van der Waals surface area (Å²) in [7, 11) is 0. The van der Waals surface area contributed by atoms with Gasteiger partial charge in [0.05, 0.1) is 11.7 Å². The average Bonchev–Trinajstić information content (AvgIpc) is 2.29. The first kappa shape index (κ1) is 10.1. The van der Waals surface area contributed by atoms with Crippen molar-refractivity contribution in [1.29, 1.82) is 0 Å². The molecule has 0 atom stereocenters. The first-order chi connectivity index (χ1) is 5.82. The Hall–Kier alpha value is -1.00. The minimum absolute atomic E-state index is 0.478. The van der Waals surface area contributed by atoms with Crippen LogP contribution in [0.2, 0.25) is 0 Å². The van der Waals surface area contributed by atoms with Crippen molar-refractivity contribution in [2.75, 3.05) is 0 Å². The standard InChI is InChI=1S/C8H11F3N2/c1-8(2,3)13-4-5(9)6(12-13)7(10)11/h4,7H,1-3H3. The van der Waals surface area contributed by atoms with E-state index in [-0.39, 0.29) is 0 Å². The van der Waals surface area contributed by atoms with Gasteiger partial charge in [0.2, 0.25) is 0 Å². The van der Waals surface area contributed by atoms with Crippen molar-refractivity contribution in [3.05, 3.63) is 17.7 Å². The van der Waals surface area contributed by atoms with Crippen LogP contribution in [-0.2, 0) is 5.54 Å². The Morgan fingerprint density at radius 2 is 1.92 bits per heavy atom. The Kier molecular flexibility index (Phi) is 2.36. The molecule has 13 heavy (non-hydrogen) atoms. The highest BCUT2D eigenvalue weighted by Gasteiger charge is 2.22. The molecule has 0 fully saturated rings. The monoisotopic (exact) mass is 192 g/mol. The maximum Gasteiger partial charge on any atom is 0.285 e. The number of hydrogen-bond donors (Lipinski definition) is 0. The summed E-state index contributed by atoms with van der Waals surface area (Å²) < 4.78 is 38.3. The fourth-order valence-corrected chi connectivity index (χ4v) is 0.858.